The lowest BCUT2D eigenvalue weighted by molar-refractivity contribution is -0.115. The van der Waals surface area contributed by atoms with Crippen LogP contribution < -0.4 is 16.8 Å². The number of carbonyl (C=O) groups is 1. The van der Waals surface area contributed by atoms with Gasteiger partial charge in [-0.1, -0.05) is 48.5 Å². The van der Waals surface area contributed by atoms with Gasteiger partial charge in [-0.15, -0.1) is 11.3 Å². The van der Waals surface area contributed by atoms with E-state index in [1.807, 2.05) is 32.2 Å². The van der Waals surface area contributed by atoms with Crippen LogP contribution in [0.1, 0.15) is 11.8 Å². The van der Waals surface area contributed by atoms with E-state index in [4.69, 9.17) is 10.7 Å². The number of aromatic nitrogens is 2. The smallest absolute Gasteiger partial charge is 0.224 e. The van der Waals surface area contributed by atoms with E-state index in [0.29, 0.717) is 5.95 Å². The number of nitrogens with two attached hydrogens (primary N) is 2. The summed E-state index contributed by atoms with van der Waals surface area (Å²) >= 11 is 1.60. The van der Waals surface area contributed by atoms with Crippen LogP contribution in [0.4, 0.5) is 11.6 Å². The molecule has 6 nitrogen and oxygen atoms in total. The first kappa shape index (κ1) is 20.3. The largest absolute Gasteiger partial charge is 0.397 e. The normalized spacial score (nSPS) is 10.3. The van der Waals surface area contributed by atoms with Gasteiger partial charge in [0, 0.05) is 24.4 Å². The molecule has 4 aromatic rings. The first-order valence-electron chi connectivity index (χ1n) is 9.07. The zero-order valence-electron chi connectivity index (χ0n) is 16.6. The van der Waals surface area contributed by atoms with Gasteiger partial charge in [0.2, 0.25) is 11.9 Å². The molecule has 2 heterocycles. The number of primary amides is 1. The van der Waals surface area contributed by atoms with Gasteiger partial charge in [0.25, 0.3) is 0 Å². The van der Waals surface area contributed by atoms with Crippen LogP contribution in [0.2, 0.25) is 0 Å². The fourth-order valence-corrected chi connectivity index (χ4v) is 3.87. The van der Waals surface area contributed by atoms with Crippen molar-refractivity contribution in [3.63, 3.8) is 0 Å². The molecular weight excluding hydrogens is 382 g/mol. The molecule has 148 valence electrons. The van der Waals surface area contributed by atoms with E-state index in [2.05, 4.69) is 52.4 Å². The molecule has 4 rings (SSSR count). The second-order valence-corrected chi connectivity index (χ2v) is 7.66. The highest BCUT2D eigenvalue weighted by molar-refractivity contribution is 7.19. The molecule has 2 aromatic carbocycles. The van der Waals surface area contributed by atoms with Gasteiger partial charge in [-0.3, -0.25) is 4.79 Å². The number of amides is 1. The predicted octanol–water partition coefficient (Wildman–Crippen LogP) is 4.45. The average Bonchev–Trinajstić information content (AvgIpc) is 3.01. The third-order valence-electron chi connectivity index (χ3n) is 4.24. The highest BCUT2D eigenvalue weighted by Crippen LogP contribution is 2.39. The van der Waals surface area contributed by atoms with Gasteiger partial charge < -0.3 is 16.8 Å². The number of rotatable bonds is 3. The Hall–Kier alpha value is -3.45. The Morgan fingerprint density at radius 2 is 1.62 bits per heavy atom. The van der Waals surface area contributed by atoms with Crippen molar-refractivity contribution in [3.8, 4) is 22.4 Å². The molecule has 5 N–H and O–H groups in total. The molecule has 29 heavy (non-hydrogen) atoms. The fraction of sp³-hybridized carbons (Fsp3) is 0.136. The number of anilines is 2. The summed E-state index contributed by atoms with van der Waals surface area (Å²) in [6.07, 6.45) is 0. The molecule has 0 spiro atoms. The Morgan fingerprint density at radius 3 is 2.28 bits per heavy atom. The molecule has 0 radical (unpaired) electrons. The average molecular weight is 406 g/mol. The summed E-state index contributed by atoms with van der Waals surface area (Å²) in [6, 6.07) is 18.7. The molecule has 1 amide bonds. The summed E-state index contributed by atoms with van der Waals surface area (Å²) in [5.74, 6) is 0.272. The number of nitrogen functional groups attached to an aromatic ring is 1. The molecular formula is C22H23N5OS. The minimum absolute atomic E-state index is 0.333. The predicted molar refractivity (Wildman–Crippen MR) is 122 cm³/mol. The number of hydrogen-bond acceptors (Lipinski definition) is 6. The molecule has 0 saturated heterocycles. The van der Waals surface area contributed by atoms with Gasteiger partial charge in [-0.05, 0) is 24.1 Å². The van der Waals surface area contributed by atoms with Crippen LogP contribution in [0.25, 0.3) is 32.6 Å². The second kappa shape index (κ2) is 8.70. The van der Waals surface area contributed by atoms with Crippen LogP contribution in [0.15, 0.2) is 54.6 Å². The van der Waals surface area contributed by atoms with Crippen LogP contribution in [-0.4, -0.2) is 22.9 Å². The van der Waals surface area contributed by atoms with E-state index in [-0.39, 0.29) is 5.91 Å². The number of thiophene rings is 1. The molecule has 2 aromatic heterocycles. The second-order valence-electron chi connectivity index (χ2n) is 6.46. The third kappa shape index (κ3) is 4.52. The van der Waals surface area contributed by atoms with Crippen molar-refractivity contribution in [3.05, 3.63) is 59.5 Å². The summed E-state index contributed by atoms with van der Waals surface area (Å²) < 4.78 is 0. The summed E-state index contributed by atoms with van der Waals surface area (Å²) in [4.78, 5) is 20.5. The first-order chi connectivity index (χ1) is 13.9. The summed E-state index contributed by atoms with van der Waals surface area (Å²) in [5, 5.41) is 3.98. The molecule has 0 bridgehead atoms. The SMILES string of the molecule is CC(N)=O.CNc1nc(-c2cccc(-c3ccccc3)c2)c2c(N)c(C)sc2n1. The van der Waals surface area contributed by atoms with E-state index in [0.717, 1.165) is 37.6 Å². The summed E-state index contributed by atoms with van der Waals surface area (Å²) in [6.45, 7) is 3.32. The van der Waals surface area contributed by atoms with Gasteiger partial charge in [0.05, 0.1) is 16.8 Å². The van der Waals surface area contributed by atoms with Crippen molar-refractivity contribution in [1.29, 1.82) is 0 Å². The fourth-order valence-electron chi connectivity index (χ4n) is 2.93. The van der Waals surface area contributed by atoms with Gasteiger partial charge >= 0.3 is 0 Å². The van der Waals surface area contributed by atoms with E-state index in [1.165, 1.54) is 12.5 Å². The van der Waals surface area contributed by atoms with Crippen LogP contribution in [0, 0.1) is 6.92 Å². The van der Waals surface area contributed by atoms with Crippen molar-refractivity contribution in [2.75, 3.05) is 18.1 Å². The Bertz CT molecular complexity index is 1150. The number of aryl methyl sites for hydroxylation is 1. The van der Waals surface area contributed by atoms with E-state index in [9.17, 15) is 4.79 Å². The van der Waals surface area contributed by atoms with Gasteiger partial charge in [0.1, 0.15) is 4.83 Å². The van der Waals surface area contributed by atoms with Crippen molar-refractivity contribution < 1.29 is 4.79 Å². The lowest BCUT2D eigenvalue weighted by Gasteiger charge is -2.09. The Kier molecular flexibility index (Phi) is 6.09. The van der Waals surface area contributed by atoms with Crippen LogP contribution >= 0.6 is 11.3 Å². The third-order valence-corrected chi connectivity index (χ3v) is 5.26. The van der Waals surface area contributed by atoms with E-state index in [1.54, 1.807) is 11.3 Å². The highest BCUT2D eigenvalue weighted by atomic mass is 32.1. The molecule has 0 aliphatic rings. The highest BCUT2D eigenvalue weighted by Gasteiger charge is 2.16. The van der Waals surface area contributed by atoms with Crippen molar-refractivity contribution in [2.24, 2.45) is 5.73 Å². The number of nitrogens with one attached hydrogen (secondary N) is 1. The zero-order valence-corrected chi connectivity index (χ0v) is 17.4. The Balaban J connectivity index is 0.000000552. The van der Waals surface area contributed by atoms with Crippen molar-refractivity contribution in [1.82, 2.24) is 9.97 Å². The minimum Gasteiger partial charge on any atom is -0.397 e. The maximum Gasteiger partial charge on any atom is 0.224 e. The monoisotopic (exact) mass is 405 g/mol. The summed E-state index contributed by atoms with van der Waals surface area (Å²) in [7, 11) is 1.83. The summed E-state index contributed by atoms with van der Waals surface area (Å²) in [5.41, 5.74) is 15.8. The topological polar surface area (TPSA) is 107 Å². The zero-order chi connectivity index (χ0) is 21.0. The van der Waals surface area contributed by atoms with Gasteiger partial charge in [0.15, 0.2) is 0 Å². The minimum atomic E-state index is -0.333. The Morgan fingerprint density at radius 1 is 1.00 bits per heavy atom. The van der Waals surface area contributed by atoms with E-state index >= 15 is 0 Å². The lowest BCUT2D eigenvalue weighted by Crippen LogP contribution is -2.01. The lowest BCUT2D eigenvalue weighted by atomic mass is 10.0. The number of hydrogen-bond donors (Lipinski definition) is 3. The molecule has 0 aliphatic carbocycles. The molecule has 0 saturated carbocycles. The molecule has 0 fully saturated rings. The van der Waals surface area contributed by atoms with Crippen molar-refractivity contribution in [2.45, 2.75) is 13.8 Å². The van der Waals surface area contributed by atoms with Crippen molar-refractivity contribution >= 4 is 39.1 Å². The standard InChI is InChI=1S/C20H18N4S.C2H5NO/c1-12-17(21)16-18(23-20(22-2)24-19(16)25-12)15-10-6-9-14(11-15)13-7-4-3-5-8-13;1-2(3)4/h3-11H,21H2,1-2H3,(H,22,23,24);1H3,(H2,3,4). The quantitative estimate of drug-likeness (QED) is 0.467. The number of fused-ring (bicyclic) bond motifs is 1. The van der Waals surface area contributed by atoms with E-state index < -0.39 is 0 Å². The number of nitrogens with zero attached hydrogens (tertiary/aromatic N) is 2. The van der Waals surface area contributed by atoms with Gasteiger partial charge in [-0.2, -0.15) is 0 Å². The molecule has 0 atom stereocenters. The van der Waals surface area contributed by atoms with Gasteiger partial charge in [-0.25, -0.2) is 9.97 Å². The first-order valence-corrected chi connectivity index (χ1v) is 9.88. The van der Waals surface area contributed by atoms with Crippen LogP contribution in [-0.2, 0) is 4.79 Å². The number of carbonyl (C=O) groups excluding carboxylic acids is 1. The molecule has 7 heteroatoms. The molecule has 0 unspecified atom stereocenters. The number of benzene rings is 2. The molecule has 0 aliphatic heterocycles. The maximum atomic E-state index is 9.22. The maximum absolute atomic E-state index is 9.22. The van der Waals surface area contributed by atoms with Crippen LogP contribution in [0.3, 0.4) is 0 Å². The Labute approximate surface area is 173 Å². The van der Waals surface area contributed by atoms with Crippen LogP contribution in [0.5, 0.6) is 0 Å².